The number of likely N-dealkylation sites (tertiary alicyclic amines) is 1. The van der Waals surface area contributed by atoms with E-state index in [1.54, 1.807) is 0 Å². The molecule has 0 radical (unpaired) electrons. The maximum atomic E-state index is 6.02. The van der Waals surface area contributed by atoms with Gasteiger partial charge in [0, 0.05) is 12.6 Å². The summed E-state index contributed by atoms with van der Waals surface area (Å²) < 4.78 is 0. The number of hydrogen-bond donors (Lipinski definition) is 1. The van der Waals surface area contributed by atoms with Crippen LogP contribution in [0, 0.1) is 5.41 Å². The van der Waals surface area contributed by atoms with Crippen LogP contribution in [0.15, 0.2) is 0 Å². The van der Waals surface area contributed by atoms with E-state index in [0.29, 0.717) is 5.41 Å². The highest BCUT2D eigenvalue weighted by molar-refractivity contribution is 4.85. The van der Waals surface area contributed by atoms with Crippen molar-refractivity contribution in [1.82, 2.24) is 9.80 Å². The standard InChI is InChI=1S/C15H33N3/c1-5-15(6-2,12-16)13-17(4)14-8-10-18(7-3)11-9-14/h14H,5-13,16H2,1-4H3. The van der Waals surface area contributed by atoms with Crippen molar-refractivity contribution in [3.63, 3.8) is 0 Å². The summed E-state index contributed by atoms with van der Waals surface area (Å²) in [5, 5.41) is 0. The minimum Gasteiger partial charge on any atom is -0.330 e. The Labute approximate surface area is 114 Å². The molecule has 18 heavy (non-hydrogen) atoms. The topological polar surface area (TPSA) is 32.5 Å². The van der Waals surface area contributed by atoms with Crippen molar-refractivity contribution in [3.05, 3.63) is 0 Å². The highest BCUT2D eigenvalue weighted by Crippen LogP contribution is 2.28. The second kappa shape index (κ2) is 7.46. The molecule has 1 rings (SSSR count). The Morgan fingerprint density at radius 2 is 1.72 bits per heavy atom. The van der Waals surface area contributed by atoms with Gasteiger partial charge in [0.05, 0.1) is 0 Å². The average Bonchev–Trinajstić information content (AvgIpc) is 2.45. The number of hydrogen-bond acceptors (Lipinski definition) is 3. The lowest BCUT2D eigenvalue weighted by molar-refractivity contribution is 0.0850. The molecule has 0 aromatic carbocycles. The average molecular weight is 255 g/mol. The summed E-state index contributed by atoms with van der Waals surface area (Å²) in [5.41, 5.74) is 6.35. The molecule has 2 N–H and O–H groups in total. The molecule has 0 atom stereocenters. The number of nitrogens with two attached hydrogens (primary N) is 1. The van der Waals surface area contributed by atoms with Gasteiger partial charge in [-0.25, -0.2) is 0 Å². The van der Waals surface area contributed by atoms with Crippen LogP contribution < -0.4 is 5.73 Å². The SMILES string of the molecule is CCN1CCC(N(C)CC(CC)(CC)CN)CC1. The lowest BCUT2D eigenvalue weighted by atomic mass is 9.81. The fourth-order valence-electron chi connectivity index (χ4n) is 3.16. The molecule has 1 fully saturated rings. The summed E-state index contributed by atoms with van der Waals surface area (Å²) in [7, 11) is 2.29. The van der Waals surface area contributed by atoms with E-state index in [-0.39, 0.29) is 0 Å². The zero-order valence-electron chi connectivity index (χ0n) is 12.9. The van der Waals surface area contributed by atoms with Crippen LogP contribution in [-0.2, 0) is 0 Å². The van der Waals surface area contributed by atoms with Crippen LogP contribution in [0.1, 0.15) is 46.5 Å². The Bertz CT molecular complexity index is 210. The van der Waals surface area contributed by atoms with Crippen molar-refractivity contribution in [2.24, 2.45) is 11.1 Å². The molecule has 1 aliphatic heterocycles. The summed E-state index contributed by atoms with van der Waals surface area (Å²) in [6.45, 7) is 12.5. The molecule has 0 aliphatic carbocycles. The maximum absolute atomic E-state index is 6.02. The fraction of sp³-hybridized carbons (Fsp3) is 1.00. The van der Waals surface area contributed by atoms with E-state index in [9.17, 15) is 0 Å². The van der Waals surface area contributed by atoms with Crippen molar-refractivity contribution in [2.75, 3.05) is 39.8 Å². The number of rotatable bonds is 7. The molecule has 0 aromatic heterocycles. The molecule has 0 unspecified atom stereocenters. The molecule has 1 saturated heterocycles. The van der Waals surface area contributed by atoms with E-state index >= 15 is 0 Å². The Morgan fingerprint density at radius 1 is 1.17 bits per heavy atom. The van der Waals surface area contributed by atoms with Crippen molar-refractivity contribution in [2.45, 2.75) is 52.5 Å². The monoisotopic (exact) mass is 255 g/mol. The molecule has 1 heterocycles. The normalized spacial score (nSPS) is 19.7. The summed E-state index contributed by atoms with van der Waals surface area (Å²) in [5.74, 6) is 0. The second-order valence-corrected chi connectivity index (χ2v) is 5.99. The summed E-state index contributed by atoms with van der Waals surface area (Å²) in [6, 6.07) is 0.761. The van der Waals surface area contributed by atoms with Gasteiger partial charge in [-0.05, 0) is 64.3 Å². The third-order valence-corrected chi connectivity index (χ3v) is 5.15. The highest BCUT2D eigenvalue weighted by atomic mass is 15.2. The van der Waals surface area contributed by atoms with Crippen molar-refractivity contribution in [1.29, 1.82) is 0 Å². The van der Waals surface area contributed by atoms with E-state index in [1.807, 2.05) is 0 Å². The lowest BCUT2D eigenvalue weighted by Gasteiger charge is -2.41. The Kier molecular flexibility index (Phi) is 6.61. The van der Waals surface area contributed by atoms with Gasteiger partial charge in [-0.3, -0.25) is 0 Å². The second-order valence-electron chi connectivity index (χ2n) is 5.99. The molecular weight excluding hydrogens is 222 g/mol. The molecule has 0 amide bonds. The molecule has 1 aliphatic rings. The van der Waals surface area contributed by atoms with Gasteiger partial charge >= 0.3 is 0 Å². The Morgan fingerprint density at radius 3 is 2.11 bits per heavy atom. The third-order valence-electron chi connectivity index (χ3n) is 5.15. The molecule has 0 saturated carbocycles. The van der Waals surface area contributed by atoms with Crippen LogP contribution in [0.2, 0.25) is 0 Å². The van der Waals surface area contributed by atoms with Crippen LogP contribution >= 0.6 is 0 Å². The summed E-state index contributed by atoms with van der Waals surface area (Å²) in [4.78, 5) is 5.13. The Balaban J connectivity index is 2.47. The van der Waals surface area contributed by atoms with E-state index in [0.717, 1.165) is 19.1 Å². The van der Waals surface area contributed by atoms with Gasteiger partial charge in [0.1, 0.15) is 0 Å². The molecule has 3 nitrogen and oxygen atoms in total. The smallest absolute Gasteiger partial charge is 0.0117 e. The van der Waals surface area contributed by atoms with Gasteiger partial charge < -0.3 is 15.5 Å². The van der Waals surface area contributed by atoms with E-state index < -0.39 is 0 Å². The van der Waals surface area contributed by atoms with E-state index in [2.05, 4.69) is 37.6 Å². The van der Waals surface area contributed by atoms with Crippen LogP contribution in [-0.4, -0.2) is 55.6 Å². The largest absolute Gasteiger partial charge is 0.330 e. The first-order valence-electron chi connectivity index (χ1n) is 7.73. The maximum Gasteiger partial charge on any atom is 0.0117 e. The first-order valence-corrected chi connectivity index (χ1v) is 7.73. The van der Waals surface area contributed by atoms with Gasteiger partial charge in [0.25, 0.3) is 0 Å². The summed E-state index contributed by atoms with van der Waals surface area (Å²) >= 11 is 0. The van der Waals surface area contributed by atoms with E-state index in [1.165, 1.54) is 45.3 Å². The van der Waals surface area contributed by atoms with Crippen LogP contribution in [0.5, 0.6) is 0 Å². The molecule has 0 bridgehead atoms. The van der Waals surface area contributed by atoms with E-state index in [4.69, 9.17) is 5.73 Å². The predicted molar refractivity (Wildman–Crippen MR) is 79.8 cm³/mol. The van der Waals surface area contributed by atoms with Gasteiger partial charge in [0.2, 0.25) is 0 Å². The van der Waals surface area contributed by atoms with Crippen molar-refractivity contribution in [3.8, 4) is 0 Å². The van der Waals surface area contributed by atoms with Gasteiger partial charge in [0.15, 0.2) is 0 Å². The first kappa shape index (κ1) is 15.9. The zero-order valence-corrected chi connectivity index (χ0v) is 12.9. The molecule has 3 heteroatoms. The van der Waals surface area contributed by atoms with Crippen LogP contribution in [0.25, 0.3) is 0 Å². The van der Waals surface area contributed by atoms with Crippen molar-refractivity contribution >= 4 is 0 Å². The molecular formula is C15H33N3. The first-order chi connectivity index (χ1) is 8.60. The van der Waals surface area contributed by atoms with Crippen LogP contribution in [0.3, 0.4) is 0 Å². The lowest BCUT2D eigenvalue weighted by Crippen LogP contribution is -2.48. The zero-order chi connectivity index (χ0) is 13.6. The van der Waals surface area contributed by atoms with Crippen molar-refractivity contribution < 1.29 is 0 Å². The van der Waals surface area contributed by atoms with Gasteiger partial charge in [-0.15, -0.1) is 0 Å². The minimum atomic E-state index is 0.330. The Hall–Kier alpha value is -0.120. The molecule has 0 spiro atoms. The molecule has 0 aromatic rings. The third kappa shape index (κ3) is 3.94. The summed E-state index contributed by atoms with van der Waals surface area (Å²) in [6.07, 6.45) is 5.02. The predicted octanol–water partition coefficient (Wildman–Crippen LogP) is 2.17. The number of nitrogens with zero attached hydrogens (tertiary/aromatic N) is 2. The number of piperidine rings is 1. The van der Waals surface area contributed by atoms with Gasteiger partial charge in [-0.1, -0.05) is 20.8 Å². The van der Waals surface area contributed by atoms with Gasteiger partial charge in [-0.2, -0.15) is 0 Å². The molecule has 108 valence electrons. The van der Waals surface area contributed by atoms with Crippen LogP contribution in [0.4, 0.5) is 0 Å². The highest BCUT2D eigenvalue weighted by Gasteiger charge is 2.30. The fourth-order valence-corrected chi connectivity index (χ4v) is 3.16. The quantitative estimate of drug-likeness (QED) is 0.757. The minimum absolute atomic E-state index is 0.330.